The number of ether oxygens (including phenoxy) is 1. The van der Waals surface area contributed by atoms with Gasteiger partial charge >= 0.3 is 18.1 Å². The predicted molar refractivity (Wildman–Crippen MR) is 85.4 cm³/mol. The molecule has 24 heavy (non-hydrogen) atoms. The summed E-state index contributed by atoms with van der Waals surface area (Å²) in [5, 5.41) is 1.78. The molecule has 0 aliphatic heterocycles. The molecular weight excluding hydrogens is 343 g/mol. The summed E-state index contributed by atoms with van der Waals surface area (Å²) >= 11 is 1.04. The number of rotatable bonds is 2. The zero-order chi connectivity index (χ0) is 18.1. The normalized spacial score (nSPS) is 15.4. The fraction of sp³-hybridized carbons (Fsp3) is 0.625. The van der Waals surface area contributed by atoms with Crippen molar-refractivity contribution >= 4 is 28.2 Å². The average Bonchev–Trinajstić information content (AvgIpc) is 2.58. The molecule has 134 valence electrons. The van der Waals surface area contributed by atoms with Gasteiger partial charge in [0, 0.05) is 4.88 Å². The maximum absolute atomic E-state index is 12.6. The summed E-state index contributed by atoms with van der Waals surface area (Å²) in [6, 6.07) is 0. The highest BCUT2D eigenvalue weighted by atomic mass is 32.1. The van der Waals surface area contributed by atoms with E-state index in [-0.39, 0.29) is 10.6 Å². The van der Waals surface area contributed by atoms with Gasteiger partial charge in [-0.25, -0.2) is 4.79 Å². The Hall–Kier alpha value is -1.57. The van der Waals surface area contributed by atoms with Crippen LogP contribution in [-0.2, 0) is 22.4 Å². The molecule has 0 unspecified atom stereocenters. The van der Waals surface area contributed by atoms with Crippen molar-refractivity contribution in [1.29, 1.82) is 0 Å². The molecule has 0 bridgehead atoms. The van der Waals surface area contributed by atoms with Gasteiger partial charge in [0.1, 0.15) is 10.6 Å². The topological polar surface area (TPSA) is 55.4 Å². The van der Waals surface area contributed by atoms with E-state index in [1.165, 1.54) is 0 Å². The molecule has 0 radical (unpaired) electrons. The molecule has 0 saturated heterocycles. The number of halogens is 3. The van der Waals surface area contributed by atoms with Crippen LogP contribution < -0.4 is 5.32 Å². The standard InChI is InChI=1S/C16H20F3NO3S/c1-15(2,3)23-13(21)11-9-7-5-4-6-8-10(9)24-12(11)20-14(22)16(17,18)19/h4-8H2,1-3H3,(H,20,22). The number of hydrogen-bond donors (Lipinski definition) is 1. The molecule has 1 aliphatic carbocycles. The van der Waals surface area contributed by atoms with Gasteiger partial charge in [-0.15, -0.1) is 11.3 Å². The van der Waals surface area contributed by atoms with E-state index in [0.717, 1.165) is 35.5 Å². The van der Waals surface area contributed by atoms with Crippen molar-refractivity contribution in [3.63, 3.8) is 0 Å². The quantitative estimate of drug-likeness (QED) is 0.623. The number of hydrogen-bond acceptors (Lipinski definition) is 4. The number of alkyl halides is 3. The van der Waals surface area contributed by atoms with E-state index in [9.17, 15) is 22.8 Å². The number of aryl methyl sites for hydroxylation is 1. The molecule has 1 N–H and O–H groups in total. The van der Waals surface area contributed by atoms with E-state index in [0.29, 0.717) is 18.4 Å². The summed E-state index contributed by atoms with van der Waals surface area (Å²) < 4.78 is 43.0. The number of thiophene rings is 1. The Morgan fingerprint density at radius 1 is 1.08 bits per heavy atom. The van der Waals surface area contributed by atoms with Crippen molar-refractivity contribution in [2.75, 3.05) is 5.32 Å². The van der Waals surface area contributed by atoms with Crippen LogP contribution in [0.4, 0.5) is 18.2 Å². The maximum atomic E-state index is 12.6. The molecule has 1 heterocycles. The zero-order valence-corrected chi connectivity index (χ0v) is 14.6. The smallest absolute Gasteiger partial charge is 0.456 e. The largest absolute Gasteiger partial charge is 0.471 e. The number of anilines is 1. The summed E-state index contributed by atoms with van der Waals surface area (Å²) in [5.74, 6) is -2.77. The van der Waals surface area contributed by atoms with Gasteiger partial charge in [0.15, 0.2) is 0 Å². The van der Waals surface area contributed by atoms with Crippen molar-refractivity contribution in [1.82, 2.24) is 0 Å². The van der Waals surface area contributed by atoms with E-state index in [1.54, 1.807) is 20.8 Å². The molecule has 1 aromatic rings. The van der Waals surface area contributed by atoms with Gasteiger partial charge in [0.05, 0.1) is 5.56 Å². The fourth-order valence-corrected chi connectivity index (χ4v) is 3.82. The van der Waals surface area contributed by atoms with Crippen LogP contribution in [0.3, 0.4) is 0 Å². The van der Waals surface area contributed by atoms with Gasteiger partial charge in [-0.05, 0) is 52.0 Å². The Kier molecular flexibility index (Phi) is 5.27. The van der Waals surface area contributed by atoms with E-state index < -0.39 is 23.7 Å². The van der Waals surface area contributed by atoms with Crippen LogP contribution in [0.5, 0.6) is 0 Å². The van der Waals surface area contributed by atoms with Gasteiger partial charge in [0.2, 0.25) is 0 Å². The van der Waals surface area contributed by atoms with E-state index in [2.05, 4.69) is 0 Å². The second-order valence-corrected chi connectivity index (χ2v) is 7.83. The van der Waals surface area contributed by atoms with Crippen molar-refractivity contribution in [3.05, 3.63) is 16.0 Å². The lowest BCUT2D eigenvalue weighted by atomic mass is 10.1. The molecule has 0 atom stereocenters. The molecule has 0 spiro atoms. The maximum Gasteiger partial charge on any atom is 0.471 e. The summed E-state index contributed by atoms with van der Waals surface area (Å²) in [6.07, 6.45) is -0.952. The minimum absolute atomic E-state index is 0.0709. The molecule has 1 aliphatic rings. The molecule has 0 saturated carbocycles. The first kappa shape index (κ1) is 18.8. The number of carbonyl (C=O) groups is 2. The van der Waals surface area contributed by atoms with Crippen molar-refractivity contribution in [2.24, 2.45) is 0 Å². The van der Waals surface area contributed by atoms with Crippen LogP contribution in [0.15, 0.2) is 0 Å². The van der Waals surface area contributed by atoms with E-state index in [1.807, 2.05) is 5.32 Å². The highest BCUT2D eigenvalue weighted by Gasteiger charge is 2.40. The molecule has 0 aromatic carbocycles. The van der Waals surface area contributed by atoms with Crippen LogP contribution in [0.1, 0.15) is 60.8 Å². The van der Waals surface area contributed by atoms with Crippen molar-refractivity contribution in [2.45, 2.75) is 64.7 Å². The molecule has 4 nitrogen and oxygen atoms in total. The second-order valence-electron chi connectivity index (χ2n) is 6.72. The molecule has 2 rings (SSSR count). The number of esters is 1. The molecule has 0 fully saturated rings. The first-order valence-electron chi connectivity index (χ1n) is 7.75. The summed E-state index contributed by atoms with van der Waals surface area (Å²) in [7, 11) is 0. The summed E-state index contributed by atoms with van der Waals surface area (Å²) in [5.41, 5.74) is 0.00993. The van der Waals surface area contributed by atoms with E-state index in [4.69, 9.17) is 4.74 Å². The number of carbonyl (C=O) groups excluding carboxylic acids is 2. The van der Waals surface area contributed by atoms with Crippen LogP contribution in [0.2, 0.25) is 0 Å². The molecule has 1 aromatic heterocycles. The first-order chi connectivity index (χ1) is 11.0. The van der Waals surface area contributed by atoms with Gasteiger partial charge in [0.25, 0.3) is 0 Å². The van der Waals surface area contributed by atoms with E-state index >= 15 is 0 Å². The van der Waals surface area contributed by atoms with Gasteiger partial charge in [-0.2, -0.15) is 13.2 Å². The van der Waals surface area contributed by atoms with Crippen LogP contribution in [0.25, 0.3) is 0 Å². The zero-order valence-electron chi connectivity index (χ0n) is 13.8. The Bertz CT molecular complexity index is 644. The molecular formula is C16H20F3NO3S. The third-order valence-electron chi connectivity index (χ3n) is 3.51. The Morgan fingerprint density at radius 3 is 2.29 bits per heavy atom. The molecule has 1 amide bonds. The number of amides is 1. The first-order valence-corrected chi connectivity index (χ1v) is 8.57. The monoisotopic (exact) mass is 363 g/mol. The van der Waals surface area contributed by atoms with Crippen LogP contribution in [-0.4, -0.2) is 23.7 Å². The number of fused-ring (bicyclic) bond motifs is 1. The third kappa shape index (κ3) is 4.49. The van der Waals surface area contributed by atoms with Crippen molar-refractivity contribution in [3.8, 4) is 0 Å². The Balaban J connectivity index is 2.42. The lowest BCUT2D eigenvalue weighted by Crippen LogP contribution is -2.31. The fourth-order valence-electron chi connectivity index (χ4n) is 2.55. The Morgan fingerprint density at radius 2 is 1.71 bits per heavy atom. The lowest BCUT2D eigenvalue weighted by Gasteiger charge is -2.20. The highest BCUT2D eigenvalue weighted by molar-refractivity contribution is 7.17. The predicted octanol–water partition coefficient (Wildman–Crippen LogP) is 4.47. The summed E-state index contributed by atoms with van der Waals surface area (Å²) in [4.78, 5) is 24.7. The van der Waals surface area contributed by atoms with Gasteiger partial charge in [-0.1, -0.05) is 6.42 Å². The van der Waals surface area contributed by atoms with Crippen LogP contribution >= 0.6 is 11.3 Å². The minimum atomic E-state index is -5.01. The highest BCUT2D eigenvalue weighted by Crippen LogP contribution is 2.39. The second kappa shape index (κ2) is 6.74. The average molecular weight is 363 g/mol. The van der Waals surface area contributed by atoms with Crippen molar-refractivity contribution < 1.29 is 27.5 Å². The summed E-state index contributed by atoms with van der Waals surface area (Å²) in [6.45, 7) is 5.05. The number of nitrogens with one attached hydrogen (secondary N) is 1. The minimum Gasteiger partial charge on any atom is -0.456 e. The lowest BCUT2D eigenvalue weighted by molar-refractivity contribution is -0.167. The third-order valence-corrected chi connectivity index (χ3v) is 4.72. The molecule has 8 heteroatoms. The van der Waals surface area contributed by atoms with Crippen LogP contribution in [0, 0.1) is 0 Å². The SMILES string of the molecule is CC(C)(C)OC(=O)c1c(NC(=O)C(F)(F)F)sc2c1CCCCC2. The van der Waals surface area contributed by atoms with Gasteiger partial charge < -0.3 is 10.1 Å². The van der Waals surface area contributed by atoms with Gasteiger partial charge in [-0.3, -0.25) is 4.79 Å². The Labute approximate surface area is 142 Å².